The van der Waals surface area contributed by atoms with Gasteiger partial charge in [0.25, 0.3) is 5.91 Å². The first-order chi connectivity index (χ1) is 15.6. The quantitative estimate of drug-likeness (QED) is 0.326. The van der Waals surface area contributed by atoms with Gasteiger partial charge in [-0.05, 0) is 44.0 Å². The van der Waals surface area contributed by atoms with E-state index in [4.69, 9.17) is 14.1 Å². The lowest BCUT2D eigenvalue weighted by atomic mass is 10.2. The third-order valence-electron chi connectivity index (χ3n) is 5.70. The van der Waals surface area contributed by atoms with E-state index in [0.717, 1.165) is 49.7 Å². The smallest absolute Gasteiger partial charge is 0.251 e. The van der Waals surface area contributed by atoms with Gasteiger partial charge in [-0.25, -0.2) is 9.37 Å². The van der Waals surface area contributed by atoms with E-state index in [0.29, 0.717) is 38.6 Å². The van der Waals surface area contributed by atoms with Gasteiger partial charge in [0, 0.05) is 57.9 Å². The summed E-state index contributed by atoms with van der Waals surface area (Å²) >= 11 is 0. The zero-order chi connectivity index (χ0) is 22.3. The van der Waals surface area contributed by atoms with E-state index in [1.807, 2.05) is 11.8 Å². The number of ether oxygens (including phenoxy) is 1. The molecule has 1 aromatic carbocycles. The number of aliphatic imine (C=N–C) groups is 1. The molecule has 1 aromatic heterocycles. The SMILES string of the molecule is CCNC(=NCCc1coc(-c2ccc(F)cc2)n1)N1CCN(C(=O)C2CCCO2)CC1.I. The number of carbonyl (C=O) groups is 1. The van der Waals surface area contributed by atoms with Gasteiger partial charge >= 0.3 is 0 Å². The molecule has 10 heteroatoms. The molecule has 8 nitrogen and oxygen atoms in total. The average molecular weight is 571 g/mol. The number of nitrogens with one attached hydrogen (secondary N) is 1. The summed E-state index contributed by atoms with van der Waals surface area (Å²) in [5.74, 6) is 1.15. The van der Waals surface area contributed by atoms with E-state index in [9.17, 15) is 9.18 Å². The molecule has 0 radical (unpaired) electrons. The lowest BCUT2D eigenvalue weighted by molar-refractivity contribution is -0.142. The fourth-order valence-corrected chi connectivity index (χ4v) is 3.96. The van der Waals surface area contributed by atoms with E-state index in [-0.39, 0.29) is 41.8 Å². The second-order valence-electron chi connectivity index (χ2n) is 7.95. The van der Waals surface area contributed by atoms with Crippen LogP contribution in [0.4, 0.5) is 4.39 Å². The van der Waals surface area contributed by atoms with Gasteiger partial charge in [-0.15, -0.1) is 24.0 Å². The second kappa shape index (κ2) is 12.3. The molecule has 4 rings (SSSR count). The fraction of sp³-hybridized carbons (Fsp3) is 0.522. The van der Waals surface area contributed by atoms with Gasteiger partial charge < -0.3 is 24.3 Å². The highest BCUT2D eigenvalue weighted by atomic mass is 127. The van der Waals surface area contributed by atoms with Crippen molar-refractivity contribution in [1.29, 1.82) is 0 Å². The molecule has 1 unspecified atom stereocenters. The molecule has 0 spiro atoms. The Morgan fingerprint density at radius 2 is 1.94 bits per heavy atom. The molecule has 2 aliphatic heterocycles. The number of oxazole rings is 1. The largest absolute Gasteiger partial charge is 0.444 e. The molecular weight excluding hydrogens is 540 g/mol. The second-order valence-corrected chi connectivity index (χ2v) is 7.95. The van der Waals surface area contributed by atoms with E-state index in [2.05, 4.69) is 15.2 Å². The first kappa shape index (κ1) is 25.4. The maximum atomic E-state index is 13.1. The van der Waals surface area contributed by atoms with Crippen molar-refractivity contribution in [3.05, 3.63) is 42.0 Å². The lowest BCUT2D eigenvalue weighted by Gasteiger charge is -2.37. The number of benzene rings is 1. The fourth-order valence-electron chi connectivity index (χ4n) is 3.96. The molecular formula is C23H31FIN5O3. The summed E-state index contributed by atoms with van der Waals surface area (Å²) < 4.78 is 24.2. The highest BCUT2D eigenvalue weighted by Crippen LogP contribution is 2.19. The molecule has 2 saturated heterocycles. The zero-order valence-corrected chi connectivity index (χ0v) is 21.2. The minimum absolute atomic E-state index is 0. The Morgan fingerprint density at radius 3 is 2.61 bits per heavy atom. The monoisotopic (exact) mass is 571 g/mol. The molecule has 2 aliphatic rings. The lowest BCUT2D eigenvalue weighted by Crippen LogP contribution is -2.55. The molecule has 0 bridgehead atoms. The van der Waals surface area contributed by atoms with Crippen LogP contribution in [0.15, 0.2) is 39.9 Å². The maximum Gasteiger partial charge on any atom is 0.251 e. The summed E-state index contributed by atoms with van der Waals surface area (Å²) in [6, 6.07) is 6.08. The summed E-state index contributed by atoms with van der Waals surface area (Å²) in [5.41, 5.74) is 1.54. The van der Waals surface area contributed by atoms with Gasteiger partial charge in [0.05, 0.1) is 5.69 Å². The van der Waals surface area contributed by atoms with E-state index >= 15 is 0 Å². The topological polar surface area (TPSA) is 83.2 Å². The van der Waals surface area contributed by atoms with Crippen molar-refractivity contribution in [1.82, 2.24) is 20.1 Å². The van der Waals surface area contributed by atoms with Crippen LogP contribution in [0.3, 0.4) is 0 Å². The molecule has 1 amide bonds. The Bertz CT molecular complexity index is 922. The number of rotatable bonds is 6. The average Bonchev–Trinajstić information content (AvgIpc) is 3.51. The Kier molecular flexibility index (Phi) is 9.48. The van der Waals surface area contributed by atoms with Crippen molar-refractivity contribution < 1.29 is 18.3 Å². The summed E-state index contributed by atoms with van der Waals surface area (Å²) in [5, 5.41) is 3.34. The van der Waals surface area contributed by atoms with Crippen molar-refractivity contribution in [2.24, 2.45) is 4.99 Å². The first-order valence-corrected chi connectivity index (χ1v) is 11.3. The van der Waals surface area contributed by atoms with Gasteiger partial charge in [-0.3, -0.25) is 9.79 Å². The van der Waals surface area contributed by atoms with Crippen molar-refractivity contribution in [3.63, 3.8) is 0 Å². The van der Waals surface area contributed by atoms with Gasteiger partial charge in [0.1, 0.15) is 18.2 Å². The highest BCUT2D eigenvalue weighted by molar-refractivity contribution is 14.0. The van der Waals surface area contributed by atoms with Gasteiger partial charge in [-0.2, -0.15) is 0 Å². The number of guanidine groups is 1. The number of halogens is 2. The van der Waals surface area contributed by atoms with Crippen molar-refractivity contribution in [3.8, 4) is 11.5 Å². The van der Waals surface area contributed by atoms with Crippen molar-refractivity contribution in [2.75, 3.05) is 45.9 Å². The van der Waals surface area contributed by atoms with Crippen LogP contribution in [0.2, 0.25) is 0 Å². The summed E-state index contributed by atoms with van der Waals surface area (Å²) in [4.78, 5) is 25.9. The first-order valence-electron chi connectivity index (χ1n) is 11.3. The van der Waals surface area contributed by atoms with Crippen molar-refractivity contribution in [2.45, 2.75) is 32.3 Å². The third-order valence-corrected chi connectivity index (χ3v) is 5.70. The van der Waals surface area contributed by atoms with Crippen LogP contribution in [0.1, 0.15) is 25.5 Å². The molecule has 180 valence electrons. The summed E-state index contributed by atoms with van der Waals surface area (Å²) in [6.07, 6.45) is 3.79. The molecule has 1 N–H and O–H groups in total. The number of hydrogen-bond acceptors (Lipinski definition) is 5. The summed E-state index contributed by atoms with van der Waals surface area (Å²) in [6.45, 7) is 6.88. The molecule has 2 aromatic rings. The Morgan fingerprint density at radius 1 is 1.21 bits per heavy atom. The van der Waals surface area contributed by atoms with Gasteiger partial charge in [0.2, 0.25) is 5.89 Å². The van der Waals surface area contributed by atoms with Crippen molar-refractivity contribution >= 4 is 35.8 Å². The normalized spacial score (nSPS) is 18.8. The number of piperazine rings is 1. The Labute approximate surface area is 210 Å². The Hall–Kier alpha value is -2.21. The van der Waals surface area contributed by atoms with Crippen LogP contribution in [-0.2, 0) is 16.0 Å². The van der Waals surface area contributed by atoms with Crippen LogP contribution in [0.5, 0.6) is 0 Å². The van der Waals surface area contributed by atoms with Crippen LogP contribution in [0, 0.1) is 5.82 Å². The predicted octanol–water partition coefficient (Wildman–Crippen LogP) is 2.93. The molecule has 0 saturated carbocycles. The number of aromatic nitrogens is 1. The number of amides is 1. The van der Waals surface area contributed by atoms with Gasteiger partial charge in [0.15, 0.2) is 5.96 Å². The molecule has 2 fully saturated rings. The van der Waals surface area contributed by atoms with Crippen LogP contribution >= 0.6 is 24.0 Å². The molecule has 3 heterocycles. The molecule has 0 aliphatic carbocycles. The Balaban J connectivity index is 0.00000306. The molecule has 33 heavy (non-hydrogen) atoms. The number of nitrogens with zero attached hydrogens (tertiary/aromatic N) is 4. The minimum Gasteiger partial charge on any atom is -0.444 e. The van der Waals surface area contributed by atoms with Gasteiger partial charge in [-0.1, -0.05) is 0 Å². The van der Waals surface area contributed by atoms with E-state index in [1.165, 1.54) is 12.1 Å². The minimum atomic E-state index is -0.289. The van der Waals surface area contributed by atoms with Crippen LogP contribution in [-0.4, -0.2) is 78.6 Å². The van der Waals surface area contributed by atoms with E-state index < -0.39 is 0 Å². The zero-order valence-electron chi connectivity index (χ0n) is 18.8. The van der Waals surface area contributed by atoms with Crippen LogP contribution < -0.4 is 5.32 Å². The maximum absolute atomic E-state index is 13.1. The number of hydrogen-bond donors (Lipinski definition) is 1. The number of carbonyl (C=O) groups excluding carboxylic acids is 1. The standard InChI is InChI=1S/C23H30FN5O3.HI/c1-2-25-23(29-13-11-28(12-14-29)22(30)20-4-3-15-31-20)26-10-9-19-16-32-21(27-19)17-5-7-18(24)8-6-17;/h5-8,16,20H,2-4,9-15H2,1H3,(H,25,26);1H. The highest BCUT2D eigenvalue weighted by Gasteiger charge is 2.30. The summed E-state index contributed by atoms with van der Waals surface area (Å²) in [7, 11) is 0. The predicted molar refractivity (Wildman–Crippen MR) is 134 cm³/mol. The van der Waals surface area contributed by atoms with E-state index in [1.54, 1.807) is 18.4 Å². The van der Waals surface area contributed by atoms with Crippen LogP contribution in [0.25, 0.3) is 11.5 Å². The third kappa shape index (κ3) is 6.66. The molecule has 1 atom stereocenters.